The van der Waals surface area contributed by atoms with Gasteiger partial charge in [0.2, 0.25) is 0 Å². The Kier molecular flexibility index (Phi) is 2.19. The van der Waals surface area contributed by atoms with Crippen molar-refractivity contribution in [2.45, 2.75) is 18.9 Å². The summed E-state index contributed by atoms with van der Waals surface area (Å²) >= 11 is 0. The topological polar surface area (TPSA) is 32.3 Å². The van der Waals surface area contributed by atoms with Gasteiger partial charge in [0.25, 0.3) is 0 Å². The molecule has 13 heavy (non-hydrogen) atoms. The van der Waals surface area contributed by atoms with E-state index in [1.807, 2.05) is 0 Å². The van der Waals surface area contributed by atoms with Crippen molar-refractivity contribution in [1.82, 2.24) is 5.32 Å². The quantitative estimate of drug-likeness (QED) is 0.694. The van der Waals surface area contributed by atoms with Gasteiger partial charge < -0.3 is 10.4 Å². The van der Waals surface area contributed by atoms with Crippen molar-refractivity contribution in [1.29, 1.82) is 0 Å². The molecule has 2 rings (SSSR count). The van der Waals surface area contributed by atoms with Crippen LogP contribution in [-0.4, -0.2) is 11.7 Å². The van der Waals surface area contributed by atoms with E-state index in [0.717, 1.165) is 24.9 Å². The standard InChI is InChI=1S/C10H12FNO/c11-8-6-7(3-4-10(8)13)9-2-1-5-12-9/h3-4,6,9,12-13H,1-2,5H2. The monoisotopic (exact) mass is 181 g/mol. The molecule has 1 aromatic carbocycles. The van der Waals surface area contributed by atoms with Crippen LogP contribution in [0.4, 0.5) is 4.39 Å². The highest BCUT2D eigenvalue weighted by Gasteiger charge is 2.16. The van der Waals surface area contributed by atoms with Gasteiger partial charge in [-0.25, -0.2) is 4.39 Å². The summed E-state index contributed by atoms with van der Waals surface area (Å²) in [6.07, 6.45) is 2.18. The molecular weight excluding hydrogens is 169 g/mol. The van der Waals surface area contributed by atoms with E-state index in [2.05, 4.69) is 5.32 Å². The molecule has 1 aliphatic rings. The minimum atomic E-state index is -0.536. The van der Waals surface area contributed by atoms with Gasteiger partial charge in [-0.1, -0.05) is 6.07 Å². The first-order valence-electron chi connectivity index (χ1n) is 4.49. The fraction of sp³-hybridized carbons (Fsp3) is 0.400. The van der Waals surface area contributed by atoms with E-state index in [4.69, 9.17) is 5.11 Å². The maximum Gasteiger partial charge on any atom is 0.165 e. The van der Waals surface area contributed by atoms with Crippen LogP contribution in [0.5, 0.6) is 5.75 Å². The van der Waals surface area contributed by atoms with Gasteiger partial charge in [-0.2, -0.15) is 0 Å². The number of hydrogen-bond acceptors (Lipinski definition) is 2. The summed E-state index contributed by atoms with van der Waals surface area (Å²) in [4.78, 5) is 0. The van der Waals surface area contributed by atoms with Crippen LogP contribution in [0, 0.1) is 5.82 Å². The number of nitrogens with one attached hydrogen (secondary N) is 1. The molecule has 1 aliphatic heterocycles. The Morgan fingerprint density at radius 1 is 1.46 bits per heavy atom. The number of rotatable bonds is 1. The largest absolute Gasteiger partial charge is 0.505 e. The van der Waals surface area contributed by atoms with Crippen LogP contribution in [0.3, 0.4) is 0 Å². The van der Waals surface area contributed by atoms with Crippen molar-refractivity contribution >= 4 is 0 Å². The minimum absolute atomic E-state index is 0.259. The Bertz CT molecular complexity index is 308. The van der Waals surface area contributed by atoms with Gasteiger partial charge >= 0.3 is 0 Å². The minimum Gasteiger partial charge on any atom is -0.505 e. The van der Waals surface area contributed by atoms with E-state index < -0.39 is 5.82 Å². The Morgan fingerprint density at radius 3 is 2.92 bits per heavy atom. The third-order valence-corrected chi connectivity index (χ3v) is 2.43. The Morgan fingerprint density at radius 2 is 2.31 bits per heavy atom. The van der Waals surface area contributed by atoms with Crippen LogP contribution >= 0.6 is 0 Å². The van der Waals surface area contributed by atoms with E-state index in [1.54, 1.807) is 6.07 Å². The normalized spacial score (nSPS) is 22.1. The highest BCUT2D eigenvalue weighted by atomic mass is 19.1. The number of halogens is 1. The predicted octanol–water partition coefficient (Wildman–Crippen LogP) is 1.96. The lowest BCUT2D eigenvalue weighted by atomic mass is 10.1. The first kappa shape index (κ1) is 8.51. The van der Waals surface area contributed by atoms with Gasteiger partial charge in [0, 0.05) is 6.04 Å². The lowest BCUT2D eigenvalue weighted by molar-refractivity contribution is 0.431. The molecule has 0 bridgehead atoms. The van der Waals surface area contributed by atoms with E-state index in [-0.39, 0.29) is 11.8 Å². The Labute approximate surface area is 76.4 Å². The molecule has 1 fully saturated rings. The maximum absolute atomic E-state index is 13.0. The Hall–Kier alpha value is -1.09. The molecule has 1 aromatic rings. The van der Waals surface area contributed by atoms with Crippen molar-refractivity contribution < 1.29 is 9.50 Å². The zero-order chi connectivity index (χ0) is 9.26. The van der Waals surface area contributed by atoms with Gasteiger partial charge in [-0.3, -0.25) is 0 Å². The van der Waals surface area contributed by atoms with Crippen molar-refractivity contribution in [2.75, 3.05) is 6.54 Å². The van der Waals surface area contributed by atoms with Crippen LogP contribution in [0.2, 0.25) is 0 Å². The highest BCUT2D eigenvalue weighted by Crippen LogP contribution is 2.26. The van der Waals surface area contributed by atoms with Crippen LogP contribution in [0.1, 0.15) is 24.4 Å². The Balaban J connectivity index is 2.25. The van der Waals surface area contributed by atoms with Gasteiger partial charge in [0.05, 0.1) is 0 Å². The molecule has 2 nitrogen and oxygen atoms in total. The second-order valence-corrected chi connectivity index (χ2v) is 3.36. The zero-order valence-electron chi connectivity index (χ0n) is 7.26. The third-order valence-electron chi connectivity index (χ3n) is 2.43. The molecule has 2 N–H and O–H groups in total. The second kappa shape index (κ2) is 3.34. The lowest BCUT2D eigenvalue weighted by Gasteiger charge is -2.10. The molecule has 70 valence electrons. The molecule has 3 heteroatoms. The van der Waals surface area contributed by atoms with Crippen molar-refractivity contribution in [2.24, 2.45) is 0 Å². The van der Waals surface area contributed by atoms with E-state index in [0.29, 0.717) is 0 Å². The fourth-order valence-electron chi connectivity index (χ4n) is 1.71. The summed E-state index contributed by atoms with van der Waals surface area (Å²) in [6, 6.07) is 4.83. The van der Waals surface area contributed by atoms with Crippen molar-refractivity contribution in [3.8, 4) is 5.75 Å². The molecule has 0 saturated carbocycles. The molecule has 0 aromatic heterocycles. The molecular formula is C10H12FNO. The first-order valence-corrected chi connectivity index (χ1v) is 4.49. The predicted molar refractivity (Wildman–Crippen MR) is 48.0 cm³/mol. The van der Waals surface area contributed by atoms with Crippen LogP contribution in [0.15, 0.2) is 18.2 Å². The van der Waals surface area contributed by atoms with Crippen LogP contribution < -0.4 is 5.32 Å². The molecule has 1 heterocycles. The number of aromatic hydroxyl groups is 1. The molecule has 1 saturated heterocycles. The number of phenolic OH excluding ortho intramolecular Hbond substituents is 1. The SMILES string of the molecule is Oc1ccc(C2CCCN2)cc1F. The second-order valence-electron chi connectivity index (χ2n) is 3.36. The lowest BCUT2D eigenvalue weighted by Crippen LogP contribution is -2.12. The first-order chi connectivity index (χ1) is 6.27. The summed E-state index contributed by atoms with van der Waals surface area (Å²) in [5.74, 6) is -0.812. The molecule has 0 aliphatic carbocycles. The van der Waals surface area contributed by atoms with Crippen molar-refractivity contribution in [3.05, 3.63) is 29.6 Å². The summed E-state index contributed by atoms with van der Waals surface area (Å²) in [5.41, 5.74) is 0.924. The number of benzene rings is 1. The fourth-order valence-corrected chi connectivity index (χ4v) is 1.71. The van der Waals surface area contributed by atoms with Gasteiger partial charge in [-0.15, -0.1) is 0 Å². The van der Waals surface area contributed by atoms with E-state index in [9.17, 15) is 4.39 Å². The number of phenols is 1. The van der Waals surface area contributed by atoms with Crippen LogP contribution in [0.25, 0.3) is 0 Å². The average molecular weight is 181 g/mol. The maximum atomic E-state index is 13.0. The molecule has 0 spiro atoms. The molecule has 1 unspecified atom stereocenters. The summed E-state index contributed by atoms with van der Waals surface area (Å²) in [5, 5.41) is 12.3. The summed E-state index contributed by atoms with van der Waals surface area (Å²) < 4.78 is 13.0. The van der Waals surface area contributed by atoms with E-state index >= 15 is 0 Å². The zero-order valence-corrected chi connectivity index (χ0v) is 7.26. The summed E-state index contributed by atoms with van der Waals surface area (Å²) in [7, 11) is 0. The van der Waals surface area contributed by atoms with Crippen molar-refractivity contribution in [3.63, 3.8) is 0 Å². The third kappa shape index (κ3) is 1.65. The summed E-state index contributed by atoms with van der Waals surface area (Å²) in [6.45, 7) is 0.993. The molecule has 0 radical (unpaired) electrons. The van der Waals surface area contributed by atoms with Gasteiger partial charge in [0.15, 0.2) is 11.6 Å². The van der Waals surface area contributed by atoms with Crippen LogP contribution in [-0.2, 0) is 0 Å². The van der Waals surface area contributed by atoms with Gasteiger partial charge in [0.1, 0.15) is 0 Å². The molecule has 0 amide bonds. The number of hydrogen-bond donors (Lipinski definition) is 2. The van der Waals surface area contributed by atoms with Gasteiger partial charge in [-0.05, 0) is 37.1 Å². The average Bonchev–Trinajstić information content (AvgIpc) is 2.62. The van der Waals surface area contributed by atoms with E-state index in [1.165, 1.54) is 12.1 Å². The molecule has 1 atom stereocenters. The highest BCUT2D eigenvalue weighted by molar-refractivity contribution is 5.30. The smallest absolute Gasteiger partial charge is 0.165 e.